The molecular weight excluding hydrogens is 316 g/mol. The van der Waals surface area contributed by atoms with Gasteiger partial charge in [-0.2, -0.15) is 0 Å². The Morgan fingerprint density at radius 1 is 1.40 bits per heavy atom. The first-order valence-corrected chi connectivity index (χ1v) is 8.67. The molecule has 0 radical (unpaired) electrons. The van der Waals surface area contributed by atoms with Crippen LogP contribution in [0.3, 0.4) is 0 Å². The number of nitrogens with one attached hydrogen (secondary N) is 2. The molecule has 0 bridgehead atoms. The van der Waals surface area contributed by atoms with Crippen molar-refractivity contribution < 1.29 is 4.79 Å². The molecule has 1 saturated heterocycles. The highest BCUT2D eigenvalue weighted by Gasteiger charge is 2.32. The molecule has 1 aliphatic rings. The molecule has 2 N–H and O–H groups in total. The minimum Gasteiger partial charge on any atom is -0.361 e. The van der Waals surface area contributed by atoms with Crippen LogP contribution in [0.1, 0.15) is 30.3 Å². The fourth-order valence-corrected chi connectivity index (χ4v) is 3.65. The maximum Gasteiger partial charge on any atom is 0.318 e. The first-order chi connectivity index (χ1) is 12.2. The summed E-state index contributed by atoms with van der Waals surface area (Å²) in [5, 5.41) is 12.4. The Labute approximate surface area is 146 Å². The highest BCUT2D eigenvalue weighted by atomic mass is 16.2. The Hall–Kier alpha value is -2.83. The SMILES string of the molecule is Cn1cnnc1[C@H]1CCCN1C(=O)NCCc1cccc2[nH]ccc12. The van der Waals surface area contributed by atoms with Gasteiger partial charge in [0.05, 0.1) is 6.04 Å². The molecule has 1 fully saturated rings. The lowest BCUT2D eigenvalue weighted by atomic mass is 10.1. The van der Waals surface area contributed by atoms with E-state index in [1.807, 2.05) is 28.8 Å². The number of hydrogen-bond acceptors (Lipinski definition) is 3. The summed E-state index contributed by atoms with van der Waals surface area (Å²) in [6.07, 6.45) is 6.36. The van der Waals surface area contributed by atoms with E-state index in [9.17, 15) is 4.79 Å². The number of H-pyrrole nitrogens is 1. The number of fused-ring (bicyclic) bond motifs is 1. The summed E-state index contributed by atoms with van der Waals surface area (Å²) in [6, 6.07) is 8.29. The second kappa shape index (κ2) is 6.58. The number of urea groups is 1. The number of aromatic amines is 1. The van der Waals surface area contributed by atoms with Gasteiger partial charge in [-0.15, -0.1) is 10.2 Å². The summed E-state index contributed by atoms with van der Waals surface area (Å²) in [5.74, 6) is 0.852. The molecule has 2 amide bonds. The van der Waals surface area contributed by atoms with Gasteiger partial charge >= 0.3 is 6.03 Å². The van der Waals surface area contributed by atoms with Gasteiger partial charge in [-0.3, -0.25) is 0 Å². The summed E-state index contributed by atoms with van der Waals surface area (Å²) in [6.45, 7) is 1.38. The molecule has 25 heavy (non-hydrogen) atoms. The zero-order valence-electron chi connectivity index (χ0n) is 14.3. The number of hydrogen-bond donors (Lipinski definition) is 2. The van der Waals surface area contributed by atoms with Crippen LogP contribution in [0.15, 0.2) is 36.8 Å². The number of aryl methyl sites for hydroxylation is 1. The third kappa shape index (κ3) is 2.97. The average Bonchev–Trinajstić information content (AvgIpc) is 3.34. The lowest BCUT2D eigenvalue weighted by molar-refractivity contribution is 0.190. The molecule has 4 rings (SSSR count). The Bertz CT molecular complexity index is 882. The molecule has 7 nitrogen and oxygen atoms in total. The van der Waals surface area contributed by atoms with Crippen molar-refractivity contribution in [2.45, 2.75) is 25.3 Å². The lowest BCUT2D eigenvalue weighted by Crippen LogP contribution is -2.40. The van der Waals surface area contributed by atoms with Gasteiger partial charge in [-0.25, -0.2) is 4.79 Å². The molecule has 130 valence electrons. The minimum absolute atomic E-state index is 0.0144. The largest absolute Gasteiger partial charge is 0.361 e. The maximum absolute atomic E-state index is 12.6. The number of benzene rings is 1. The molecule has 2 aromatic heterocycles. The van der Waals surface area contributed by atoms with Crippen molar-refractivity contribution in [1.82, 2.24) is 30.0 Å². The van der Waals surface area contributed by atoms with E-state index in [2.05, 4.69) is 38.7 Å². The number of likely N-dealkylation sites (tertiary alicyclic amines) is 1. The molecule has 0 spiro atoms. The standard InChI is InChI=1S/C18H22N6O/c1-23-12-21-22-17(23)16-6-3-11-24(16)18(25)20-9-7-13-4-2-5-15-14(13)8-10-19-15/h2,4-5,8,10,12,16,19H,3,6-7,9,11H2,1H3,(H,20,25)/t16-/m1/s1. The van der Waals surface area contributed by atoms with Gasteiger partial charge in [0.25, 0.3) is 0 Å². The van der Waals surface area contributed by atoms with Crippen LogP contribution < -0.4 is 5.32 Å². The Kier molecular flexibility index (Phi) is 4.13. The maximum atomic E-state index is 12.6. The topological polar surface area (TPSA) is 78.8 Å². The van der Waals surface area contributed by atoms with E-state index in [-0.39, 0.29) is 12.1 Å². The molecule has 1 aliphatic heterocycles. The van der Waals surface area contributed by atoms with Crippen LogP contribution in [-0.4, -0.2) is 43.8 Å². The second-order valence-corrected chi connectivity index (χ2v) is 6.49. The molecule has 7 heteroatoms. The highest BCUT2D eigenvalue weighted by Crippen LogP contribution is 2.30. The fourth-order valence-electron chi connectivity index (χ4n) is 3.65. The van der Waals surface area contributed by atoms with Crippen molar-refractivity contribution in [3.63, 3.8) is 0 Å². The number of carbonyl (C=O) groups excluding carboxylic acids is 1. The van der Waals surface area contributed by atoms with Crippen LogP contribution in [0.25, 0.3) is 10.9 Å². The van der Waals surface area contributed by atoms with Crippen molar-refractivity contribution in [1.29, 1.82) is 0 Å². The average molecular weight is 338 g/mol. The smallest absolute Gasteiger partial charge is 0.318 e. The number of aromatic nitrogens is 4. The van der Waals surface area contributed by atoms with Gasteiger partial charge in [0, 0.05) is 37.2 Å². The summed E-state index contributed by atoms with van der Waals surface area (Å²) < 4.78 is 1.89. The number of amides is 2. The molecular formula is C18H22N6O. The quantitative estimate of drug-likeness (QED) is 0.766. The third-order valence-corrected chi connectivity index (χ3v) is 4.91. The van der Waals surface area contributed by atoms with Gasteiger partial charge in [0.2, 0.25) is 0 Å². The van der Waals surface area contributed by atoms with E-state index < -0.39 is 0 Å². The first kappa shape index (κ1) is 15.7. The Balaban J connectivity index is 1.39. The minimum atomic E-state index is -0.0215. The molecule has 3 heterocycles. The van der Waals surface area contributed by atoms with E-state index in [4.69, 9.17) is 0 Å². The summed E-state index contributed by atoms with van der Waals surface area (Å²) in [5.41, 5.74) is 2.37. The van der Waals surface area contributed by atoms with E-state index in [0.29, 0.717) is 6.54 Å². The predicted octanol–water partition coefficient (Wildman–Crippen LogP) is 2.39. The lowest BCUT2D eigenvalue weighted by Gasteiger charge is -2.24. The third-order valence-electron chi connectivity index (χ3n) is 4.91. The van der Waals surface area contributed by atoms with Crippen molar-refractivity contribution in [2.24, 2.45) is 7.05 Å². The van der Waals surface area contributed by atoms with E-state index in [0.717, 1.165) is 37.1 Å². The first-order valence-electron chi connectivity index (χ1n) is 8.67. The zero-order valence-corrected chi connectivity index (χ0v) is 14.3. The van der Waals surface area contributed by atoms with Gasteiger partial charge in [-0.05, 0) is 37.0 Å². The number of carbonyl (C=O) groups is 1. The molecule has 0 saturated carbocycles. The van der Waals surface area contributed by atoms with Crippen LogP contribution in [-0.2, 0) is 13.5 Å². The molecule has 1 aromatic carbocycles. The van der Waals surface area contributed by atoms with Gasteiger partial charge in [-0.1, -0.05) is 12.1 Å². The molecule has 3 aromatic rings. The fraction of sp³-hybridized carbons (Fsp3) is 0.389. The molecule has 0 unspecified atom stereocenters. The Morgan fingerprint density at radius 2 is 2.32 bits per heavy atom. The van der Waals surface area contributed by atoms with Gasteiger partial charge < -0.3 is 19.8 Å². The van der Waals surface area contributed by atoms with Gasteiger partial charge in [0.15, 0.2) is 5.82 Å². The van der Waals surface area contributed by atoms with Crippen LogP contribution >= 0.6 is 0 Å². The predicted molar refractivity (Wildman–Crippen MR) is 95.1 cm³/mol. The van der Waals surface area contributed by atoms with E-state index >= 15 is 0 Å². The van der Waals surface area contributed by atoms with E-state index in [1.54, 1.807) is 6.33 Å². The summed E-state index contributed by atoms with van der Waals surface area (Å²) in [7, 11) is 1.92. The number of nitrogens with zero attached hydrogens (tertiary/aromatic N) is 4. The second-order valence-electron chi connectivity index (χ2n) is 6.49. The monoisotopic (exact) mass is 338 g/mol. The highest BCUT2D eigenvalue weighted by molar-refractivity contribution is 5.83. The van der Waals surface area contributed by atoms with Crippen LogP contribution in [0, 0.1) is 0 Å². The summed E-state index contributed by atoms with van der Waals surface area (Å²) >= 11 is 0. The Morgan fingerprint density at radius 3 is 3.16 bits per heavy atom. The van der Waals surface area contributed by atoms with Crippen LogP contribution in [0.2, 0.25) is 0 Å². The normalized spacial score (nSPS) is 17.3. The zero-order chi connectivity index (χ0) is 17.2. The number of rotatable bonds is 4. The summed E-state index contributed by atoms with van der Waals surface area (Å²) in [4.78, 5) is 17.7. The van der Waals surface area contributed by atoms with Gasteiger partial charge in [0.1, 0.15) is 6.33 Å². The van der Waals surface area contributed by atoms with Crippen LogP contribution in [0.4, 0.5) is 4.79 Å². The van der Waals surface area contributed by atoms with Crippen molar-refractivity contribution in [3.05, 3.63) is 48.2 Å². The van der Waals surface area contributed by atoms with E-state index in [1.165, 1.54) is 10.9 Å². The molecule has 1 atom stereocenters. The molecule has 0 aliphatic carbocycles. The van der Waals surface area contributed by atoms with Crippen molar-refractivity contribution in [3.8, 4) is 0 Å². The van der Waals surface area contributed by atoms with Crippen molar-refractivity contribution >= 4 is 16.9 Å². The van der Waals surface area contributed by atoms with Crippen molar-refractivity contribution in [2.75, 3.05) is 13.1 Å². The van der Waals surface area contributed by atoms with Crippen LogP contribution in [0.5, 0.6) is 0 Å².